The summed E-state index contributed by atoms with van der Waals surface area (Å²) in [4.78, 5) is 13.2. The average Bonchev–Trinajstić information content (AvgIpc) is 4.16. The van der Waals surface area contributed by atoms with E-state index in [0.29, 0.717) is 0 Å². The minimum Gasteiger partial charge on any atom is -1.00 e. The van der Waals surface area contributed by atoms with Crippen LogP contribution in [0.15, 0.2) is 195 Å². The maximum Gasteiger partial charge on any atom is 0.245 e. The van der Waals surface area contributed by atoms with Crippen LogP contribution in [0.2, 0.25) is 0 Å². The highest BCUT2D eigenvalue weighted by molar-refractivity contribution is 14.1. The van der Waals surface area contributed by atoms with Gasteiger partial charge < -0.3 is 57.5 Å². The predicted octanol–water partition coefficient (Wildman–Crippen LogP) is 12.2. The summed E-state index contributed by atoms with van der Waals surface area (Å²) in [5.41, 5.74) is 5.31. The van der Waals surface area contributed by atoms with E-state index in [0.717, 1.165) is 36.1 Å². The molecule has 0 saturated heterocycles. The fourth-order valence-electron chi connectivity index (χ4n) is 8.01. The van der Waals surface area contributed by atoms with Gasteiger partial charge in [0.1, 0.15) is 27.9 Å². The molecule has 12 aromatic rings. The molecular formula is C59H50BrI11N8. The van der Waals surface area contributed by atoms with E-state index in [1.54, 1.807) is 6.33 Å². The highest BCUT2D eigenvalue weighted by Gasteiger charge is 2.18. The number of rotatable bonds is 7. The zero-order chi connectivity index (χ0) is 55.0. The number of nitrogens with one attached hydrogen (secondary N) is 1. The Balaban J connectivity index is 0.000000184. The molecule has 4 aromatic heterocycles. The first-order valence-electron chi connectivity index (χ1n) is 23.6. The Morgan fingerprint density at radius 1 is 0.418 bits per heavy atom. The maximum atomic E-state index is 4.32. The number of imidazole rings is 4. The van der Waals surface area contributed by atoms with Gasteiger partial charge in [-0.2, -0.15) is 0 Å². The van der Waals surface area contributed by atoms with Crippen molar-refractivity contribution in [3.8, 4) is 0 Å². The van der Waals surface area contributed by atoms with Gasteiger partial charge in [-0.3, -0.25) is 0 Å². The summed E-state index contributed by atoms with van der Waals surface area (Å²) >= 11 is 24.1. The fraction of sp³-hybridized carbons (Fsp3) is 0.119. The Bertz CT molecular complexity index is 3730. The van der Waals surface area contributed by atoms with Crippen LogP contribution in [0, 0.1) is 29.6 Å². The number of fused-ring (bicyclic) bond motifs is 4. The maximum absolute atomic E-state index is 4.32. The predicted molar refractivity (Wildman–Crippen MR) is 399 cm³/mol. The number of aryl methyl sites for hydroxylation is 2. The molecule has 79 heavy (non-hydrogen) atoms. The van der Waals surface area contributed by atoms with Crippen LogP contribution >= 0.6 is 219 Å². The van der Waals surface area contributed by atoms with Crippen molar-refractivity contribution < 1.29 is 57.1 Å². The van der Waals surface area contributed by atoms with Gasteiger partial charge in [0.2, 0.25) is 27.5 Å². The molecule has 0 saturated carbocycles. The van der Waals surface area contributed by atoms with Crippen LogP contribution in [0.5, 0.6) is 0 Å². The Kier molecular flexibility index (Phi) is 31.6. The second kappa shape index (κ2) is 35.7. The molecule has 8 aromatic carbocycles. The number of benzene rings is 8. The van der Waals surface area contributed by atoms with Gasteiger partial charge in [-0.25, -0.2) is 28.2 Å². The van der Waals surface area contributed by atoms with Gasteiger partial charge in [0.15, 0.2) is 0 Å². The van der Waals surface area contributed by atoms with Crippen molar-refractivity contribution >= 4 is 262 Å². The lowest BCUT2D eigenvalue weighted by Gasteiger charge is -2.06. The van der Waals surface area contributed by atoms with E-state index in [1.165, 1.54) is 83.8 Å². The number of halogens is 12. The van der Waals surface area contributed by atoms with Crippen LogP contribution in [-0.4, -0.2) is 33.6 Å². The fourth-order valence-corrected chi connectivity index (χ4v) is 12.0. The molecule has 0 aliphatic heterocycles. The van der Waals surface area contributed by atoms with Crippen molar-refractivity contribution in [2.75, 3.05) is 4.93 Å². The summed E-state index contributed by atoms with van der Waals surface area (Å²) in [6.45, 7) is 2.71. The number of hydrogen-bond acceptors (Lipinski definition) is 2. The van der Waals surface area contributed by atoms with Crippen LogP contribution in [0.1, 0.15) is 22.3 Å². The van der Waals surface area contributed by atoms with E-state index in [2.05, 4.69) is 454 Å². The van der Waals surface area contributed by atoms with Gasteiger partial charge in [-0.05, 0) is 179 Å². The average molecular weight is 2350 g/mol. The number of aromatic nitrogens is 8. The summed E-state index contributed by atoms with van der Waals surface area (Å²) in [5.74, 6) is 0. The lowest BCUT2D eigenvalue weighted by molar-refractivity contribution is -0.683. The third-order valence-electron chi connectivity index (χ3n) is 11.8. The van der Waals surface area contributed by atoms with Crippen LogP contribution in [-0.2, 0) is 39.1 Å². The first kappa shape index (κ1) is 69.9. The Labute approximate surface area is 627 Å². The lowest BCUT2D eigenvalue weighted by atomic mass is 10.1. The van der Waals surface area contributed by atoms with Crippen molar-refractivity contribution in [1.29, 1.82) is 0 Å². The molecule has 0 atom stereocenters. The molecule has 0 radical (unpaired) electrons. The SMILES string of the molecule is BrCc1ccc2ccccc2c1.CI.C[n+]1cn(Cc2ccc3ccccc3c2)c(I)c1I.C[n+]1cn(Cc2ccc3ccccc3c2)c(I)c1I.Ic1nc[nH]c1I.Ic1ncn(Cc2ccc3ccccc3c2)c1I.[I-].[I-]. The number of aromatic amines is 1. The smallest absolute Gasteiger partial charge is 0.245 e. The largest absolute Gasteiger partial charge is 1.00 e. The molecule has 410 valence electrons. The first-order chi connectivity index (χ1) is 37.2. The summed E-state index contributed by atoms with van der Waals surface area (Å²) < 4.78 is 20.6. The molecule has 0 aliphatic rings. The van der Waals surface area contributed by atoms with Crippen molar-refractivity contribution in [2.24, 2.45) is 14.1 Å². The second-order valence-corrected chi connectivity index (χ2v) is 26.0. The van der Waals surface area contributed by atoms with Crippen molar-refractivity contribution in [1.82, 2.24) is 28.7 Å². The lowest BCUT2D eigenvalue weighted by Crippen LogP contribution is -3.00. The van der Waals surface area contributed by atoms with Crippen molar-refractivity contribution in [3.05, 3.63) is 247 Å². The summed E-state index contributed by atoms with van der Waals surface area (Å²) in [6, 6.07) is 60.4. The molecule has 12 rings (SSSR count). The van der Waals surface area contributed by atoms with Gasteiger partial charge in [0, 0.05) is 102 Å². The molecule has 4 heterocycles. The molecule has 0 amide bonds. The van der Waals surface area contributed by atoms with E-state index in [1.807, 2.05) is 11.3 Å². The van der Waals surface area contributed by atoms with Crippen LogP contribution in [0.25, 0.3) is 43.1 Å². The normalized spacial score (nSPS) is 10.3. The van der Waals surface area contributed by atoms with Gasteiger partial charge in [0.25, 0.3) is 0 Å². The Morgan fingerprint density at radius 2 is 0.747 bits per heavy atom. The zero-order valence-corrected chi connectivity index (χ0v) is 67.8. The molecule has 0 bridgehead atoms. The molecule has 0 spiro atoms. The molecule has 0 unspecified atom stereocenters. The third kappa shape index (κ3) is 20.4. The van der Waals surface area contributed by atoms with Crippen molar-refractivity contribution in [3.63, 3.8) is 0 Å². The molecular weight excluding hydrogens is 2300 g/mol. The zero-order valence-electron chi connectivity index (χ0n) is 42.5. The van der Waals surface area contributed by atoms with E-state index >= 15 is 0 Å². The monoisotopic (exact) mass is 2350 g/mol. The molecule has 0 aliphatic carbocycles. The number of alkyl halides is 2. The standard InChI is InChI=1S/2C15H13I2N2.C14H10I2N2.C11H9Br.C3H2I2N2.CH3I.2HI/c2*1-18-10-19(15(17)14(18)16)9-11-6-7-12-4-2-3-5-13(12)8-11;15-13-14(16)18(9-17-13)8-10-5-6-11-3-1-2-4-12(11)7-10;12-8-9-5-6-10-3-1-2-4-11(10)7-9;4-2-3(5)7-1-6-2;1-2;;/h2*2-8,10H,9H2,1H3;1-7,9H,8H2;1-7H,8H2;1H,(H,6,7);1H3;2*1H/q2*+1;;;;;;/p-2. The van der Waals surface area contributed by atoms with E-state index in [4.69, 9.17) is 0 Å². The minimum atomic E-state index is 0. The van der Waals surface area contributed by atoms with Crippen LogP contribution in [0.4, 0.5) is 0 Å². The van der Waals surface area contributed by atoms with Crippen molar-refractivity contribution in [2.45, 2.75) is 25.0 Å². The van der Waals surface area contributed by atoms with Gasteiger partial charge in [-0.15, -0.1) is 0 Å². The number of nitrogens with zero attached hydrogens (tertiary/aromatic N) is 7. The van der Waals surface area contributed by atoms with E-state index in [-0.39, 0.29) is 48.0 Å². The van der Waals surface area contributed by atoms with Gasteiger partial charge >= 0.3 is 0 Å². The molecule has 1 N–H and O–H groups in total. The first-order valence-corrected chi connectivity index (χ1v) is 35.5. The third-order valence-corrected chi connectivity index (χ3v) is 25.0. The van der Waals surface area contributed by atoms with Gasteiger partial charge in [0.05, 0.1) is 26.7 Å². The Morgan fingerprint density at radius 3 is 1.01 bits per heavy atom. The van der Waals surface area contributed by atoms with E-state index in [9.17, 15) is 0 Å². The van der Waals surface area contributed by atoms with Gasteiger partial charge in [-0.1, -0.05) is 190 Å². The molecule has 20 heteroatoms. The Hall–Kier alpha value is 0.150. The second-order valence-electron chi connectivity index (χ2n) is 17.2. The molecule has 0 fully saturated rings. The number of H-pyrrole nitrogens is 1. The topological polar surface area (TPSA) is 64.1 Å². The summed E-state index contributed by atoms with van der Waals surface area (Å²) in [5, 5.41) is 11.3. The molecule has 8 nitrogen and oxygen atoms in total. The number of hydrogen-bond donors (Lipinski definition) is 1. The minimum absolute atomic E-state index is 0. The highest BCUT2D eigenvalue weighted by Crippen LogP contribution is 2.23. The van der Waals surface area contributed by atoms with Crippen LogP contribution in [0.3, 0.4) is 0 Å². The summed E-state index contributed by atoms with van der Waals surface area (Å²) in [7, 11) is 4.17. The van der Waals surface area contributed by atoms with Crippen LogP contribution < -0.4 is 57.1 Å². The summed E-state index contributed by atoms with van der Waals surface area (Å²) in [6.07, 6.45) is 7.89. The van der Waals surface area contributed by atoms with E-state index < -0.39 is 0 Å². The quantitative estimate of drug-likeness (QED) is 0.0982. The highest BCUT2D eigenvalue weighted by atomic mass is 127.